The molecule has 2 aromatic rings. The second-order valence-corrected chi connectivity index (χ2v) is 5.74. The van der Waals surface area contributed by atoms with Crippen LogP contribution in [0.4, 0.5) is 13.2 Å². The van der Waals surface area contributed by atoms with Gasteiger partial charge < -0.3 is 4.98 Å². The van der Waals surface area contributed by atoms with Crippen molar-refractivity contribution in [1.82, 2.24) is 19.9 Å². The summed E-state index contributed by atoms with van der Waals surface area (Å²) in [6.45, 7) is 5.91. The minimum absolute atomic E-state index is 0.415. The predicted octanol–water partition coefficient (Wildman–Crippen LogP) is 3.00. The van der Waals surface area contributed by atoms with Crippen LogP contribution in [0.3, 0.4) is 0 Å². The Balaban J connectivity index is 1.79. The molecule has 7 heteroatoms. The number of hydrogen-bond acceptors (Lipinski definition) is 3. The molecule has 0 amide bonds. The lowest BCUT2D eigenvalue weighted by molar-refractivity contribution is -0.145. The normalized spacial score (nSPS) is 15.9. The third-order valence-corrected chi connectivity index (χ3v) is 3.92. The molecule has 0 unspecified atom stereocenters. The Hall–Kier alpha value is -1.89. The minimum Gasteiger partial charge on any atom is -0.361 e. The van der Waals surface area contributed by atoms with Crippen molar-refractivity contribution >= 4 is 0 Å². The van der Waals surface area contributed by atoms with Crippen LogP contribution in [-0.4, -0.2) is 26.4 Å². The smallest absolute Gasteiger partial charge is 0.361 e. The highest BCUT2D eigenvalue weighted by Crippen LogP contribution is 2.28. The molecule has 3 heterocycles. The van der Waals surface area contributed by atoms with E-state index in [1.165, 1.54) is 11.8 Å². The first kappa shape index (κ1) is 15.0. The number of aromatic nitrogens is 3. The molecule has 2 aromatic heterocycles. The van der Waals surface area contributed by atoms with Gasteiger partial charge in [-0.15, -0.1) is 0 Å². The molecule has 1 aliphatic rings. The molecule has 3 rings (SSSR count). The van der Waals surface area contributed by atoms with E-state index in [9.17, 15) is 13.2 Å². The third kappa shape index (κ3) is 2.99. The number of H-pyrrole nitrogens is 1. The van der Waals surface area contributed by atoms with E-state index >= 15 is 0 Å². The molecule has 0 saturated heterocycles. The summed E-state index contributed by atoms with van der Waals surface area (Å²) in [7, 11) is 0. The lowest BCUT2D eigenvalue weighted by Crippen LogP contribution is -2.32. The first-order chi connectivity index (χ1) is 10.3. The first-order valence-electron chi connectivity index (χ1n) is 7.12. The van der Waals surface area contributed by atoms with Gasteiger partial charge >= 0.3 is 6.18 Å². The first-order valence-corrected chi connectivity index (χ1v) is 7.12. The average molecular weight is 310 g/mol. The summed E-state index contributed by atoms with van der Waals surface area (Å²) in [6, 6.07) is 2.07. The number of nitrogens with one attached hydrogen (secondary N) is 1. The van der Waals surface area contributed by atoms with Gasteiger partial charge in [-0.1, -0.05) is 0 Å². The molecule has 118 valence electrons. The Morgan fingerprint density at radius 2 is 2.09 bits per heavy atom. The fourth-order valence-electron chi connectivity index (χ4n) is 2.80. The van der Waals surface area contributed by atoms with Crippen LogP contribution >= 0.6 is 0 Å². The molecule has 0 spiro atoms. The van der Waals surface area contributed by atoms with E-state index in [0.717, 1.165) is 23.5 Å². The average Bonchev–Trinajstić information content (AvgIpc) is 2.75. The van der Waals surface area contributed by atoms with Gasteiger partial charge in [-0.05, 0) is 37.5 Å². The van der Waals surface area contributed by atoms with Crippen molar-refractivity contribution in [1.29, 1.82) is 0 Å². The Morgan fingerprint density at radius 3 is 2.73 bits per heavy atom. The minimum atomic E-state index is -4.50. The number of rotatable bonds is 2. The van der Waals surface area contributed by atoms with Crippen molar-refractivity contribution in [2.24, 2.45) is 0 Å². The summed E-state index contributed by atoms with van der Waals surface area (Å²) < 4.78 is 38.1. The predicted molar refractivity (Wildman–Crippen MR) is 75.1 cm³/mol. The molecular weight excluding hydrogens is 293 g/mol. The molecule has 0 bridgehead atoms. The van der Waals surface area contributed by atoms with Gasteiger partial charge in [0.2, 0.25) is 5.82 Å². The largest absolute Gasteiger partial charge is 0.451 e. The van der Waals surface area contributed by atoms with Crippen LogP contribution in [0.15, 0.2) is 12.3 Å². The molecule has 0 fully saturated rings. The number of alkyl halides is 3. The van der Waals surface area contributed by atoms with E-state index in [-0.39, 0.29) is 0 Å². The molecule has 0 radical (unpaired) electrons. The Labute approximate surface area is 126 Å². The Morgan fingerprint density at radius 1 is 1.32 bits per heavy atom. The van der Waals surface area contributed by atoms with Gasteiger partial charge in [0.1, 0.15) is 0 Å². The monoisotopic (exact) mass is 310 g/mol. The highest BCUT2D eigenvalue weighted by molar-refractivity contribution is 5.25. The van der Waals surface area contributed by atoms with Gasteiger partial charge in [0.25, 0.3) is 0 Å². The van der Waals surface area contributed by atoms with Crippen molar-refractivity contribution in [3.63, 3.8) is 0 Å². The van der Waals surface area contributed by atoms with Crippen LogP contribution in [0.25, 0.3) is 0 Å². The van der Waals surface area contributed by atoms with Crippen LogP contribution < -0.4 is 0 Å². The van der Waals surface area contributed by atoms with Crippen LogP contribution in [0, 0.1) is 13.8 Å². The van der Waals surface area contributed by atoms with Gasteiger partial charge in [-0.2, -0.15) is 13.2 Å². The van der Waals surface area contributed by atoms with Crippen LogP contribution in [-0.2, 0) is 25.7 Å². The number of halogens is 3. The number of aryl methyl sites for hydroxylation is 2. The van der Waals surface area contributed by atoms with Crippen molar-refractivity contribution in [2.45, 2.75) is 39.5 Å². The number of nitrogens with zero attached hydrogens (tertiary/aromatic N) is 3. The second kappa shape index (κ2) is 5.39. The highest BCUT2D eigenvalue weighted by atomic mass is 19.4. The molecule has 0 aromatic carbocycles. The van der Waals surface area contributed by atoms with Gasteiger partial charge in [0.15, 0.2) is 0 Å². The zero-order chi connectivity index (χ0) is 15.9. The number of fused-ring (bicyclic) bond motifs is 1. The maximum absolute atomic E-state index is 12.7. The summed E-state index contributed by atoms with van der Waals surface area (Å²) >= 11 is 0. The van der Waals surface area contributed by atoms with Crippen molar-refractivity contribution in [3.05, 3.63) is 46.3 Å². The maximum Gasteiger partial charge on any atom is 0.451 e. The van der Waals surface area contributed by atoms with Crippen molar-refractivity contribution < 1.29 is 13.2 Å². The summed E-state index contributed by atoms with van der Waals surface area (Å²) in [5.41, 5.74) is 4.65. The third-order valence-electron chi connectivity index (χ3n) is 3.92. The fourth-order valence-corrected chi connectivity index (χ4v) is 2.80. The van der Waals surface area contributed by atoms with Gasteiger partial charge in [-0.25, -0.2) is 9.97 Å². The molecule has 1 N–H and O–H groups in total. The zero-order valence-electron chi connectivity index (χ0n) is 12.5. The van der Waals surface area contributed by atoms with E-state index in [1.54, 1.807) is 0 Å². The van der Waals surface area contributed by atoms with Crippen molar-refractivity contribution in [2.75, 3.05) is 6.54 Å². The molecule has 0 atom stereocenters. The molecular formula is C15H17F3N4. The summed E-state index contributed by atoms with van der Waals surface area (Å²) in [4.78, 5) is 12.5. The lowest BCUT2D eigenvalue weighted by Gasteiger charge is -2.28. The van der Waals surface area contributed by atoms with E-state index in [0.29, 0.717) is 25.2 Å². The zero-order valence-corrected chi connectivity index (χ0v) is 12.5. The Kier molecular flexibility index (Phi) is 3.68. The molecule has 0 saturated carbocycles. The molecule has 0 aliphatic carbocycles. The molecule has 4 nitrogen and oxygen atoms in total. The fraction of sp³-hybridized carbons (Fsp3) is 0.467. The van der Waals surface area contributed by atoms with E-state index in [2.05, 4.69) is 25.9 Å². The Bertz CT molecular complexity index is 691. The summed E-state index contributed by atoms with van der Waals surface area (Å²) in [5.74, 6) is -1.06. The second-order valence-electron chi connectivity index (χ2n) is 5.74. The van der Waals surface area contributed by atoms with Crippen LogP contribution in [0.2, 0.25) is 0 Å². The van der Waals surface area contributed by atoms with E-state index in [1.807, 2.05) is 13.8 Å². The van der Waals surface area contributed by atoms with Gasteiger partial charge in [-0.3, -0.25) is 4.90 Å². The number of hydrogen-bond donors (Lipinski definition) is 1. The van der Waals surface area contributed by atoms with Crippen LogP contribution in [0.1, 0.15) is 34.0 Å². The SMILES string of the molecule is Cc1cc(C)c(CN2CCc3cnc(C(F)(F)F)nc3C2)[nH]1. The highest BCUT2D eigenvalue weighted by Gasteiger charge is 2.35. The van der Waals surface area contributed by atoms with E-state index < -0.39 is 12.0 Å². The number of aromatic amines is 1. The summed E-state index contributed by atoms with van der Waals surface area (Å²) in [6.07, 6.45) is -2.51. The summed E-state index contributed by atoms with van der Waals surface area (Å²) in [5, 5.41) is 0. The molecule has 22 heavy (non-hydrogen) atoms. The maximum atomic E-state index is 12.7. The van der Waals surface area contributed by atoms with Crippen LogP contribution in [0.5, 0.6) is 0 Å². The van der Waals surface area contributed by atoms with Gasteiger partial charge in [0.05, 0.1) is 5.69 Å². The van der Waals surface area contributed by atoms with Gasteiger partial charge in [0, 0.05) is 37.2 Å². The quantitative estimate of drug-likeness (QED) is 0.927. The van der Waals surface area contributed by atoms with Crippen molar-refractivity contribution in [3.8, 4) is 0 Å². The topological polar surface area (TPSA) is 44.8 Å². The lowest BCUT2D eigenvalue weighted by atomic mass is 10.1. The molecule has 1 aliphatic heterocycles. The van der Waals surface area contributed by atoms with E-state index in [4.69, 9.17) is 0 Å². The standard InChI is InChI=1S/C15H17F3N4/c1-9-5-10(2)20-12(9)7-22-4-3-11-6-19-14(15(16,17)18)21-13(11)8-22/h5-6,20H,3-4,7-8H2,1-2H3.